The maximum atomic E-state index is 12.3. The van der Waals surface area contributed by atoms with Crippen LogP contribution in [-0.4, -0.2) is 37.0 Å². The van der Waals surface area contributed by atoms with Crippen molar-refractivity contribution >= 4 is 34.0 Å². The van der Waals surface area contributed by atoms with Gasteiger partial charge in [0.2, 0.25) is 5.91 Å². The molecule has 120 valence electrons. The highest BCUT2D eigenvalue weighted by atomic mass is 32.1. The van der Waals surface area contributed by atoms with Crippen LogP contribution in [-0.2, 0) is 9.59 Å². The lowest BCUT2D eigenvalue weighted by Gasteiger charge is -2.29. The number of ether oxygens (including phenoxy) is 1. The number of hydrogen-bond acceptors (Lipinski definition) is 5. The Hall–Kier alpha value is -2.41. The zero-order valence-electron chi connectivity index (χ0n) is 13.0. The van der Waals surface area contributed by atoms with Crippen molar-refractivity contribution in [3.05, 3.63) is 35.3 Å². The van der Waals surface area contributed by atoms with Crippen molar-refractivity contribution in [3.63, 3.8) is 0 Å². The van der Waals surface area contributed by atoms with Crippen molar-refractivity contribution in [2.45, 2.75) is 13.3 Å². The number of nitrogens with zero attached hydrogens (tertiary/aromatic N) is 3. The number of benzene rings is 1. The normalized spacial score (nSPS) is 13.5. The highest BCUT2D eigenvalue weighted by Crippen LogP contribution is 2.31. The van der Waals surface area contributed by atoms with E-state index in [4.69, 9.17) is 4.74 Å². The van der Waals surface area contributed by atoms with E-state index in [1.807, 2.05) is 36.6 Å². The molecule has 0 radical (unpaired) electrons. The van der Waals surface area contributed by atoms with Gasteiger partial charge in [-0.25, -0.2) is 4.98 Å². The number of fused-ring (bicyclic) bond motifs is 1. The summed E-state index contributed by atoms with van der Waals surface area (Å²) in [7, 11) is 1.70. The molecule has 0 aliphatic carbocycles. The van der Waals surface area contributed by atoms with E-state index >= 15 is 0 Å². The number of aryl methyl sites for hydroxylation is 1. The third-order valence-electron chi connectivity index (χ3n) is 3.63. The first kappa shape index (κ1) is 15.5. The van der Waals surface area contributed by atoms with Gasteiger partial charge in [0.25, 0.3) is 5.91 Å². The molecular formula is C16H17N3O3S. The minimum atomic E-state index is -0.135. The first-order valence-electron chi connectivity index (χ1n) is 7.27. The van der Waals surface area contributed by atoms with Crippen molar-refractivity contribution in [2.75, 3.05) is 30.0 Å². The number of para-hydroxylation sites is 2. The predicted molar refractivity (Wildman–Crippen MR) is 89.2 cm³/mol. The van der Waals surface area contributed by atoms with Crippen molar-refractivity contribution in [2.24, 2.45) is 0 Å². The number of carbonyl (C=O) groups is 2. The van der Waals surface area contributed by atoms with Crippen LogP contribution in [0, 0.1) is 6.92 Å². The maximum Gasteiger partial charge on any atom is 0.265 e. The molecule has 3 rings (SSSR count). The van der Waals surface area contributed by atoms with Crippen LogP contribution in [0.3, 0.4) is 0 Å². The fourth-order valence-corrected chi connectivity index (χ4v) is 3.16. The zero-order valence-corrected chi connectivity index (χ0v) is 13.8. The van der Waals surface area contributed by atoms with Crippen molar-refractivity contribution < 1.29 is 14.3 Å². The Morgan fingerprint density at radius 2 is 2.22 bits per heavy atom. The SMILES string of the molecule is Cc1csc(N(C)C(=O)CCN2C(=O)COc3ccccc32)n1. The monoisotopic (exact) mass is 331 g/mol. The van der Waals surface area contributed by atoms with E-state index < -0.39 is 0 Å². The first-order valence-corrected chi connectivity index (χ1v) is 8.15. The molecule has 0 unspecified atom stereocenters. The number of amides is 2. The lowest BCUT2D eigenvalue weighted by Crippen LogP contribution is -2.41. The quantitative estimate of drug-likeness (QED) is 0.862. The van der Waals surface area contributed by atoms with Crippen molar-refractivity contribution in [1.29, 1.82) is 0 Å². The molecule has 0 atom stereocenters. The second kappa shape index (κ2) is 6.37. The molecule has 0 bridgehead atoms. The minimum absolute atomic E-state index is 0.00666. The Bertz CT molecular complexity index is 744. The van der Waals surface area contributed by atoms with Crippen LogP contribution in [0.4, 0.5) is 10.8 Å². The number of hydrogen-bond donors (Lipinski definition) is 0. The largest absolute Gasteiger partial charge is 0.482 e. The molecule has 1 aliphatic heterocycles. The van der Waals surface area contributed by atoms with Crippen LogP contribution in [0.1, 0.15) is 12.1 Å². The molecule has 6 nitrogen and oxygen atoms in total. The molecule has 0 fully saturated rings. The molecule has 0 spiro atoms. The van der Waals surface area contributed by atoms with E-state index in [2.05, 4.69) is 4.98 Å². The average Bonchev–Trinajstić information content (AvgIpc) is 2.99. The van der Waals surface area contributed by atoms with Gasteiger partial charge in [-0.15, -0.1) is 11.3 Å². The fraction of sp³-hybridized carbons (Fsp3) is 0.312. The van der Waals surface area contributed by atoms with Gasteiger partial charge in [0, 0.05) is 25.4 Å². The van der Waals surface area contributed by atoms with Gasteiger partial charge in [-0.05, 0) is 19.1 Å². The summed E-state index contributed by atoms with van der Waals surface area (Å²) in [5, 5.41) is 2.57. The number of aromatic nitrogens is 1. The average molecular weight is 331 g/mol. The summed E-state index contributed by atoms with van der Waals surface area (Å²) in [6.07, 6.45) is 0.231. The second-order valence-corrected chi connectivity index (χ2v) is 6.11. The third kappa shape index (κ3) is 3.19. The Balaban J connectivity index is 1.68. The molecule has 2 amide bonds. The van der Waals surface area contributed by atoms with E-state index in [1.54, 1.807) is 11.9 Å². The molecule has 1 aromatic heterocycles. The zero-order chi connectivity index (χ0) is 16.4. The molecule has 7 heteroatoms. The Morgan fingerprint density at radius 1 is 1.43 bits per heavy atom. The molecule has 2 aromatic rings. The van der Waals surface area contributed by atoms with Crippen molar-refractivity contribution in [1.82, 2.24) is 4.98 Å². The van der Waals surface area contributed by atoms with E-state index in [9.17, 15) is 9.59 Å². The van der Waals surface area contributed by atoms with Gasteiger partial charge in [0.1, 0.15) is 5.75 Å². The van der Waals surface area contributed by atoms with E-state index in [1.165, 1.54) is 16.2 Å². The number of thiazole rings is 1. The van der Waals surface area contributed by atoms with Gasteiger partial charge in [0.05, 0.1) is 11.4 Å². The highest BCUT2D eigenvalue weighted by molar-refractivity contribution is 7.14. The predicted octanol–water partition coefficient (Wildman–Crippen LogP) is 2.23. The van der Waals surface area contributed by atoms with Crippen molar-refractivity contribution in [3.8, 4) is 5.75 Å². The molecule has 0 saturated heterocycles. The summed E-state index contributed by atoms with van der Waals surface area (Å²) in [6, 6.07) is 7.35. The van der Waals surface area contributed by atoms with Gasteiger partial charge in [-0.2, -0.15) is 0 Å². The molecule has 1 aromatic carbocycles. The molecular weight excluding hydrogens is 314 g/mol. The first-order chi connectivity index (χ1) is 11.1. The summed E-state index contributed by atoms with van der Waals surface area (Å²) >= 11 is 1.43. The summed E-state index contributed by atoms with van der Waals surface area (Å²) in [5.74, 6) is 0.462. The molecule has 0 saturated carbocycles. The molecule has 1 aliphatic rings. The number of rotatable bonds is 4. The minimum Gasteiger partial charge on any atom is -0.482 e. The maximum absolute atomic E-state index is 12.3. The van der Waals surface area contributed by atoms with E-state index in [0.717, 1.165) is 5.69 Å². The number of anilines is 2. The summed E-state index contributed by atoms with van der Waals surface area (Å²) in [5.41, 5.74) is 1.60. The van der Waals surface area contributed by atoms with Crippen LogP contribution in [0.15, 0.2) is 29.6 Å². The molecule has 0 N–H and O–H groups in total. The van der Waals surface area contributed by atoms with Gasteiger partial charge in [-0.1, -0.05) is 12.1 Å². The Labute approximate surface area is 138 Å². The third-order valence-corrected chi connectivity index (χ3v) is 4.66. The standard InChI is InChI=1S/C16H17N3O3S/c1-11-10-23-16(17-11)18(2)14(20)7-8-19-12-5-3-4-6-13(12)22-9-15(19)21/h3-6,10H,7-9H2,1-2H3. The second-order valence-electron chi connectivity index (χ2n) is 5.28. The van der Waals surface area contributed by atoms with E-state index in [0.29, 0.717) is 23.1 Å². The lowest BCUT2D eigenvalue weighted by molar-refractivity contribution is -0.121. The fourth-order valence-electron chi connectivity index (χ4n) is 2.38. The lowest BCUT2D eigenvalue weighted by atomic mass is 10.2. The Kier molecular flexibility index (Phi) is 4.29. The summed E-state index contributed by atoms with van der Waals surface area (Å²) in [4.78, 5) is 31.9. The van der Waals surface area contributed by atoms with Gasteiger partial charge in [-0.3, -0.25) is 14.5 Å². The highest BCUT2D eigenvalue weighted by Gasteiger charge is 2.26. The smallest absolute Gasteiger partial charge is 0.265 e. The summed E-state index contributed by atoms with van der Waals surface area (Å²) < 4.78 is 5.40. The van der Waals surface area contributed by atoms with Gasteiger partial charge < -0.3 is 9.64 Å². The topological polar surface area (TPSA) is 62.7 Å². The van der Waals surface area contributed by atoms with Gasteiger partial charge in [0.15, 0.2) is 11.7 Å². The van der Waals surface area contributed by atoms with Crippen LogP contribution < -0.4 is 14.5 Å². The van der Waals surface area contributed by atoms with Crippen LogP contribution in [0.25, 0.3) is 0 Å². The van der Waals surface area contributed by atoms with Crippen LogP contribution in [0.2, 0.25) is 0 Å². The van der Waals surface area contributed by atoms with Crippen LogP contribution >= 0.6 is 11.3 Å². The van der Waals surface area contributed by atoms with Crippen LogP contribution in [0.5, 0.6) is 5.75 Å². The van der Waals surface area contributed by atoms with E-state index in [-0.39, 0.29) is 24.8 Å². The molecule has 23 heavy (non-hydrogen) atoms. The van der Waals surface area contributed by atoms with Gasteiger partial charge >= 0.3 is 0 Å². The Morgan fingerprint density at radius 3 is 2.96 bits per heavy atom. The molecule has 2 heterocycles. The summed E-state index contributed by atoms with van der Waals surface area (Å²) in [6.45, 7) is 2.22. The number of carbonyl (C=O) groups excluding carboxylic acids is 2.